The molecule has 0 saturated heterocycles. The Labute approximate surface area is 158 Å². The van der Waals surface area contributed by atoms with Crippen LogP contribution in [0.3, 0.4) is 0 Å². The van der Waals surface area contributed by atoms with Crippen molar-refractivity contribution in [1.29, 1.82) is 0 Å². The lowest BCUT2D eigenvalue weighted by Gasteiger charge is -2.27. The van der Waals surface area contributed by atoms with E-state index in [-0.39, 0.29) is 6.42 Å². The maximum absolute atomic E-state index is 12.8. The minimum absolute atomic E-state index is 0.0839. The highest BCUT2D eigenvalue weighted by Crippen LogP contribution is 2.35. The molecule has 0 fully saturated rings. The van der Waals surface area contributed by atoms with E-state index in [0.29, 0.717) is 28.4 Å². The number of nitrogens with two attached hydrogens (primary N) is 1. The number of nitrogens with one attached hydrogen (secondary N) is 1. The predicted octanol–water partition coefficient (Wildman–Crippen LogP) is 2.36. The molecule has 26 heavy (non-hydrogen) atoms. The molecule has 2 atom stereocenters. The Morgan fingerprint density at radius 1 is 1.46 bits per heavy atom. The van der Waals surface area contributed by atoms with E-state index in [4.69, 9.17) is 17.3 Å². The Kier molecular flexibility index (Phi) is 6.81. The fourth-order valence-electron chi connectivity index (χ4n) is 2.75. The number of carbonyl (C=O) groups is 2. The molecule has 0 aromatic heterocycles. The average molecular weight is 410 g/mol. The topological polar surface area (TPSA) is 75.4 Å². The minimum atomic E-state index is -4.53. The number of rotatable bonds is 6. The molecule has 0 radical (unpaired) electrons. The predicted molar refractivity (Wildman–Crippen MR) is 96.5 cm³/mol. The lowest BCUT2D eigenvalue weighted by Crippen LogP contribution is -2.54. The zero-order valence-corrected chi connectivity index (χ0v) is 15.5. The van der Waals surface area contributed by atoms with E-state index in [1.165, 1.54) is 16.7 Å². The number of anilines is 1. The smallest absolute Gasteiger partial charge is 0.345 e. The van der Waals surface area contributed by atoms with E-state index in [1.54, 1.807) is 18.2 Å². The summed E-state index contributed by atoms with van der Waals surface area (Å²) in [5, 5.41) is 2.26. The molecule has 144 valence electrons. The summed E-state index contributed by atoms with van der Waals surface area (Å²) in [5.41, 5.74) is 7.00. The van der Waals surface area contributed by atoms with Crippen molar-refractivity contribution in [3.05, 3.63) is 28.8 Å². The summed E-state index contributed by atoms with van der Waals surface area (Å²) < 4.78 is 37.2. The van der Waals surface area contributed by atoms with Crippen LogP contribution in [0.1, 0.15) is 12.0 Å². The molecule has 0 aliphatic carbocycles. The second-order valence-electron chi connectivity index (χ2n) is 5.92. The number of hydrogen-bond acceptors (Lipinski definition) is 4. The van der Waals surface area contributed by atoms with Gasteiger partial charge in [0, 0.05) is 17.1 Å². The van der Waals surface area contributed by atoms with Gasteiger partial charge in [-0.1, -0.05) is 11.6 Å². The van der Waals surface area contributed by atoms with Gasteiger partial charge in [-0.2, -0.15) is 24.9 Å². The summed E-state index contributed by atoms with van der Waals surface area (Å²) in [7, 11) is 0. The van der Waals surface area contributed by atoms with Crippen LogP contribution in [0.2, 0.25) is 5.02 Å². The summed E-state index contributed by atoms with van der Waals surface area (Å²) >= 11 is 7.47. The van der Waals surface area contributed by atoms with Gasteiger partial charge in [0.15, 0.2) is 0 Å². The number of halogens is 4. The highest BCUT2D eigenvalue weighted by Gasteiger charge is 2.41. The van der Waals surface area contributed by atoms with Gasteiger partial charge < -0.3 is 11.1 Å². The zero-order valence-electron chi connectivity index (χ0n) is 14.0. The van der Waals surface area contributed by atoms with Gasteiger partial charge in [-0.05, 0) is 42.2 Å². The lowest BCUT2D eigenvalue weighted by molar-refractivity contribution is -0.139. The molecule has 5 nitrogen and oxygen atoms in total. The molecule has 2 amide bonds. The van der Waals surface area contributed by atoms with Crippen LogP contribution < -0.4 is 16.0 Å². The van der Waals surface area contributed by atoms with E-state index < -0.39 is 36.6 Å². The van der Waals surface area contributed by atoms with Crippen molar-refractivity contribution in [2.75, 3.05) is 23.5 Å². The van der Waals surface area contributed by atoms with Gasteiger partial charge in [0.1, 0.15) is 12.6 Å². The number of amides is 2. The van der Waals surface area contributed by atoms with Crippen LogP contribution in [0.15, 0.2) is 18.2 Å². The van der Waals surface area contributed by atoms with E-state index >= 15 is 0 Å². The van der Waals surface area contributed by atoms with E-state index in [2.05, 4.69) is 0 Å². The van der Waals surface area contributed by atoms with Crippen LogP contribution in [0, 0.1) is 0 Å². The summed E-state index contributed by atoms with van der Waals surface area (Å²) in [4.78, 5) is 26.3. The Morgan fingerprint density at radius 3 is 2.77 bits per heavy atom. The Bertz CT molecular complexity index is 687. The third kappa shape index (κ3) is 5.05. The molecule has 1 aromatic carbocycles. The number of carbonyl (C=O) groups excluding carboxylic acids is 2. The first-order valence-electron chi connectivity index (χ1n) is 7.84. The molecule has 0 spiro atoms. The average Bonchev–Trinajstić information content (AvgIpc) is 2.94. The van der Waals surface area contributed by atoms with Crippen LogP contribution in [0.25, 0.3) is 0 Å². The van der Waals surface area contributed by atoms with Crippen molar-refractivity contribution in [1.82, 2.24) is 5.32 Å². The molecule has 1 aliphatic rings. The van der Waals surface area contributed by atoms with Crippen molar-refractivity contribution < 1.29 is 22.8 Å². The highest BCUT2D eigenvalue weighted by molar-refractivity contribution is 7.98. The second-order valence-corrected chi connectivity index (χ2v) is 7.34. The lowest BCUT2D eigenvalue weighted by atomic mass is 10.1. The standard InChI is InChI=1S/C16H19ClF3N3O2S/c1-26-5-4-11(21)15(25)23-12-3-2-10(17)6-9(12)7-13(23)14(24)22-8-16(18,19)20/h2-3,6,11,13H,4-5,7-8,21H2,1H3,(H,22,24)/t11-,13+/m0/s1. The first kappa shape index (κ1) is 20.9. The fourth-order valence-corrected chi connectivity index (χ4v) is 3.44. The van der Waals surface area contributed by atoms with E-state index in [9.17, 15) is 22.8 Å². The van der Waals surface area contributed by atoms with Gasteiger partial charge >= 0.3 is 6.18 Å². The largest absolute Gasteiger partial charge is 0.405 e. The summed E-state index contributed by atoms with van der Waals surface area (Å²) in [6.45, 7) is -1.46. The SMILES string of the molecule is CSCC[C@H](N)C(=O)N1c2ccc(Cl)cc2C[C@@H]1C(=O)NCC(F)(F)F. The number of nitrogens with zero attached hydrogens (tertiary/aromatic N) is 1. The first-order chi connectivity index (χ1) is 12.1. The molecule has 2 rings (SSSR count). The van der Waals surface area contributed by atoms with Gasteiger partial charge in [0.2, 0.25) is 11.8 Å². The number of alkyl halides is 3. The van der Waals surface area contributed by atoms with Crippen LogP contribution >= 0.6 is 23.4 Å². The number of thioether (sulfide) groups is 1. The maximum atomic E-state index is 12.8. The molecule has 1 heterocycles. The molecule has 0 bridgehead atoms. The Hall–Kier alpha value is -1.45. The Morgan fingerprint density at radius 2 is 2.15 bits per heavy atom. The van der Waals surface area contributed by atoms with Gasteiger partial charge in [0.25, 0.3) is 0 Å². The Balaban J connectivity index is 2.26. The third-order valence-corrected chi connectivity index (χ3v) is 4.86. The molecular weight excluding hydrogens is 391 g/mol. The number of hydrogen-bond donors (Lipinski definition) is 2. The number of benzene rings is 1. The quantitative estimate of drug-likeness (QED) is 0.756. The van der Waals surface area contributed by atoms with Gasteiger partial charge in [-0.25, -0.2) is 0 Å². The first-order valence-corrected chi connectivity index (χ1v) is 9.61. The van der Waals surface area contributed by atoms with Crippen molar-refractivity contribution in [2.45, 2.75) is 31.1 Å². The monoisotopic (exact) mass is 409 g/mol. The molecule has 10 heteroatoms. The molecule has 0 saturated carbocycles. The summed E-state index contributed by atoms with van der Waals surface area (Å²) in [6, 6.07) is 2.81. The van der Waals surface area contributed by atoms with Gasteiger partial charge in [-0.3, -0.25) is 14.5 Å². The van der Waals surface area contributed by atoms with Crippen LogP contribution in [0.4, 0.5) is 18.9 Å². The maximum Gasteiger partial charge on any atom is 0.405 e. The van der Waals surface area contributed by atoms with Crippen LogP contribution in [-0.2, 0) is 16.0 Å². The van der Waals surface area contributed by atoms with Gasteiger partial charge in [0.05, 0.1) is 6.04 Å². The zero-order chi connectivity index (χ0) is 19.5. The fraction of sp³-hybridized carbons (Fsp3) is 0.500. The molecule has 1 aliphatic heterocycles. The summed E-state index contributed by atoms with van der Waals surface area (Å²) in [5.74, 6) is -0.716. The van der Waals surface area contributed by atoms with E-state index in [1.807, 2.05) is 11.6 Å². The van der Waals surface area contributed by atoms with Gasteiger partial charge in [-0.15, -0.1) is 0 Å². The normalized spacial score (nSPS) is 17.8. The molecule has 3 N–H and O–H groups in total. The van der Waals surface area contributed by atoms with Crippen molar-refractivity contribution >= 4 is 40.9 Å². The summed E-state index contributed by atoms with van der Waals surface area (Å²) in [6.07, 6.45) is -2.18. The van der Waals surface area contributed by atoms with Crippen molar-refractivity contribution in [3.8, 4) is 0 Å². The molecule has 1 aromatic rings. The molecule has 0 unspecified atom stereocenters. The third-order valence-electron chi connectivity index (χ3n) is 3.98. The second kappa shape index (κ2) is 8.49. The van der Waals surface area contributed by atoms with Crippen molar-refractivity contribution in [3.63, 3.8) is 0 Å². The highest BCUT2D eigenvalue weighted by atomic mass is 35.5. The van der Waals surface area contributed by atoms with Crippen LogP contribution in [0.5, 0.6) is 0 Å². The molecular formula is C16H19ClF3N3O2S. The van der Waals surface area contributed by atoms with Crippen molar-refractivity contribution in [2.24, 2.45) is 5.73 Å². The number of fused-ring (bicyclic) bond motifs is 1. The van der Waals surface area contributed by atoms with Crippen LogP contribution in [-0.4, -0.2) is 48.6 Å². The minimum Gasteiger partial charge on any atom is -0.345 e. The van der Waals surface area contributed by atoms with E-state index in [0.717, 1.165) is 0 Å².